The molecule has 0 unspecified atom stereocenters. The first-order valence-electron chi connectivity index (χ1n) is 6.86. The number of aliphatic imine (C=N–C) groups is 1. The van der Waals surface area contributed by atoms with Crippen molar-refractivity contribution in [2.45, 2.75) is 0 Å². The number of thiophene rings is 1. The van der Waals surface area contributed by atoms with Gasteiger partial charge in [0.25, 0.3) is 0 Å². The molecule has 7 heteroatoms. The minimum atomic E-state index is -0.487. The lowest BCUT2D eigenvalue weighted by atomic mass is 10.1. The normalized spacial score (nSPS) is 18.0. The van der Waals surface area contributed by atoms with Crippen LogP contribution in [-0.4, -0.2) is 25.1 Å². The number of ether oxygens (including phenoxy) is 3. The first-order valence-corrected chi connectivity index (χ1v) is 8.12. The third kappa shape index (κ3) is 2.71. The van der Waals surface area contributed by atoms with E-state index in [1.807, 2.05) is 17.5 Å². The maximum Gasteiger partial charge on any atom is 0.363 e. The van der Waals surface area contributed by atoms with Crippen molar-refractivity contribution in [2.24, 2.45) is 4.99 Å². The van der Waals surface area contributed by atoms with Crippen molar-refractivity contribution in [1.29, 1.82) is 0 Å². The molecule has 3 heterocycles. The molecule has 0 fully saturated rings. The number of halogens is 1. The molecule has 0 radical (unpaired) electrons. The average Bonchev–Trinajstić information content (AvgIpc) is 3.18. The first kappa shape index (κ1) is 14.3. The molecule has 2 aliphatic rings. The number of nitrogens with zero attached hydrogens (tertiary/aromatic N) is 1. The van der Waals surface area contributed by atoms with E-state index in [2.05, 4.69) is 4.99 Å². The summed E-state index contributed by atoms with van der Waals surface area (Å²) in [6, 6.07) is 7.19. The molecule has 4 rings (SSSR count). The Morgan fingerprint density at radius 2 is 2.13 bits per heavy atom. The van der Waals surface area contributed by atoms with Gasteiger partial charge in [-0.3, -0.25) is 0 Å². The maximum atomic E-state index is 12.0. The summed E-state index contributed by atoms with van der Waals surface area (Å²) in [6.07, 6.45) is 1.62. The largest absolute Gasteiger partial charge is 0.486 e. The smallest absolute Gasteiger partial charge is 0.363 e. The van der Waals surface area contributed by atoms with E-state index in [4.69, 9.17) is 25.8 Å². The molecular weight excluding hydrogens is 338 g/mol. The third-order valence-electron chi connectivity index (χ3n) is 3.28. The van der Waals surface area contributed by atoms with Gasteiger partial charge in [-0.15, -0.1) is 11.3 Å². The molecule has 1 aromatic carbocycles. The van der Waals surface area contributed by atoms with Gasteiger partial charge >= 0.3 is 5.97 Å². The summed E-state index contributed by atoms with van der Waals surface area (Å²) in [7, 11) is 0. The van der Waals surface area contributed by atoms with Crippen LogP contribution < -0.4 is 9.47 Å². The Bertz CT molecular complexity index is 842. The number of rotatable bonds is 2. The molecule has 0 saturated heterocycles. The highest BCUT2D eigenvalue weighted by atomic mass is 35.5. The fourth-order valence-corrected chi connectivity index (χ4v) is 3.21. The highest BCUT2D eigenvalue weighted by molar-refractivity contribution is 7.12. The van der Waals surface area contributed by atoms with E-state index in [1.54, 1.807) is 18.2 Å². The van der Waals surface area contributed by atoms with Crippen molar-refractivity contribution in [3.8, 4) is 11.5 Å². The lowest BCUT2D eigenvalue weighted by molar-refractivity contribution is -0.129. The maximum absolute atomic E-state index is 12.0. The molecule has 116 valence electrons. The molecule has 2 aromatic rings. The van der Waals surface area contributed by atoms with Crippen molar-refractivity contribution in [3.05, 3.63) is 50.8 Å². The zero-order chi connectivity index (χ0) is 15.8. The van der Waals surface area contributed by atoms with Gasteiger partial charge in [0.2, 0.25) is 5.90 Å². The number of hydrogen-bond acceptors (Lipinski definition) is 6. The van der Waals surface area contributed by atoms with Crippen molar-refractivity contribution < 1.29 is 19.0 Å². The van der Waals surface area contributed by atoms with Gasteiger partial charge in [0.1, 0.15) is 13.2 Å². The van der Waals surface area contributed by atoms with E-state index in [9.17, 15) is 4.79 Å². The summed E-state index contributed by atoms with van der Waals surface area (Å²) in [6.45, 7) is 0.931. The van der Waals surface area contributed by atoms with Gasteiger partial charge in [0.05, 0.1) is 9.90 Å². The second kappa shape index (κ2) is 5.72. The highest BCUT2D eigenvalue weighted by Gasteiger charge is 2.25. The van der Waals surface area contributed by atoms with Crippen molar-refractivity contribution >= 4 is 40.9 Å². The monoisotopic (exact) mass is 347 g/mol. The minimum absolute atomic E-state index is 0.223. The number of fused-ring (bicyclic) bond motifs is 1. The lowest BCUT2D eigenvalue weighted by Gasteiger charge is -2.19. The Labute approximate surface area is 140 Å². The molecule has 0 aliphatic carbocycles. The van der Waals surface area contributed by atoms with Crippen LogP contribution in [0.4, 0.5) is 0 Å². The number of carbonyl (C=O) groups is 1. The standard InChI is InChI=1S/C16H10ClNO4S/c17-10-6-9(8-12-14(10)21-4-3-20-12)7-11-16(19)22-15(18-11)13-2-1-5-23-13/h1-2,5-8H,3-4H2. The minimum Gasteiger partial charge on any atom is -0.486 e. The summed E-state index contributed by atoms with van der Waals surface area (Å²) < 4.78 is 16.2. The molecule has 0 N–H and O–H groups in total. The van der Waals surface area contributed by atoms with Gasteiger partial charge < -0.3 is 14.2 Å². The van der Waals surface area contributed by atoms with Crippen LogP contribution in [0.3, 0.4) is 0 Å². The van der Waals surface area contributed by atoms with Crippen molar-refractivity contribution in [2.75, 3.05) is 13.2 Å². The molecule has 23 heavy (non-hydrogen) atoms. The number of carbonyl (C=O) groups excluding carboxylic acids is 1. The van der Waals surface area contributed by atoms with Gasteiger partial charge in [0, 0.05) is 0 Å². The lowest BCUT2D eigenvalue weighted by Crippen LogP contribution is -2.15. The summed E-state index contributed by atoms with van der Waals surface area (Å²) in [5, 5.41) is 2.33. The SMILES string of the molecule is O=C1OC(c2cccs2)=NC1=Cc1cc(Cl)c2c(c1)OCCO2. The molecule has 0 atom stereocenters. The van der Waals surface area contributed by atoms with E-state index in [0.717, 1.165) is 4.88 Å². The van der Waals surface area contributed by atoms with E-state index >= 15 is 0 Å². The Kier molecular flexibility index (Phi) is 3.55. The molecule has 0 saturated carbocycles. The Hall–Kier alpha value is -2.31. The molecule has 0 spiro atoms. The number of hydrogen-bond donors (Lipinski definition) is 0. The Morgan fingerprint density at radius 1 is 1.26 bits per heavy atom. The van der Waals surface area contributed by atoms with Crippen LogP contribution in [0.15, 0.2) is 40.3 Å². The van der Waals surface area contributed by atoms with Gasteiger partial charge in [-0.1, -0.05) is 17.7 Å². The molecule has 1 aromatic heterocycles. The first-order chi connectivity index (χ1) is 11.2. The van der Waals surface area contributed by atoms with Gasteiger partial charge in [-0.2, -0.15) is 0 Å². The number of cyclic esters (lactones) is 1. The molecule has 5 nitrogen and oxygen atoms in total. The molecule has 2 aliphatic heterocycles. The van der Waals surface area contributed by atoms with Crippen LogP contribution in [-0.2, 0) is 9.53 Å². The van der Waals surface area contributed by atoms with Crippen LogP contribution in [0.25, 0.3) is 6.08 Å². The van der Waals surface area contributed by atoms with E-state index in [0.29, 0.717) is 41.2 Å². The molecule has 0 amide bonds. The van der Waals surface area contributed by atoms with Crippen LogP contribution in [0, 0.1) is 0 Å². The van der Waals surface area contributed by atoms with E-state index < -0.39 is 5.97 Å². The summed E-state index contributed by atoms with van der Waals surface area (Å²) in [4.78, 5) is 17.0. The van der Waals surface area contributed by atoms with Gasteiger partial charge in [-0.05, 0) is 35.2 Å². The average molecular weight is 348 g/mol. The quantitative estimate of drug-likeness (QED) is 0.616. The second-order valence-corrected chi connectivity index (χ2v) is 6.20. The zero-order valence-corrected chi connectivity index (χ0v) is 13.3. The van der Waals surface area contributed by atoms with Crippen LogP contribution in [0.2, 0.25) is 5.02 Å². The molecule has 0 bridgehead atoms. The van der Waals surface area contributed by atoms with Crippen LogP contribution >= 0.6 is 22.9 Å². The van der Waals surface area contributed by atoms with E-state index in [-0.39, 0.29) is 5.70 Å². The highest BCUT2D eigenvalue weighted by Crippen LogP contribution is 2.39. The summed E-state index contributed by atoms with van der Waals surface area (Å²) >= 11 is 7.65. The Morgan fingerprint density at radius 3 is 2.96 bits per heavy atom. The fraction of sp³-hybridized carbons (Fsp3) is 0.125. The third-order valence-corrected chi connectivity index (χ3v) is 4.41. The summed E-state index contributed by atoms with van der Waals surface area (Å²) in [5.41, 5.74) is 0.920. The predicted molar refractivity (Wildman–Crippen MR) is 87.4 cm³/mol. The van der Waals surface area contributed by atoms with Crippen molar-refractivity contribution in [3.63, 3.8) is 0 Å². The Balaban J connectivity index is 1.70. The van der Waals surface area contributed by atoms with Gasteiger partial charge in [-0.25, -0.2) is 9.79 Å². The summed E-state index contributed by atoms with van der Waals surface area (Å²) in [5.74, 6) is 0.917. The zero-order valence-electron chi connectivity index (χ0n) is 11.7. The van der Waals surface area contributed by atoms with Crippen molar-refractivity contribution in [1.82, 2.24) is 0 Å². The predicted octanol–water partition coefficient (Wildman–Crippen LogP) is 3.52. The topological polar surface area (TPSA) is 57.1 Å². The molecular formula is C16H10ClNO4S. The second-order valence-electron chi connectivity index (χ2n) is 4.84. The van der Waals surface area contributed by atoms with Crippen LogP contribution in [0.1, 0.15) is 10.4 Å². The fourth-order valence-electron chi connectivity index (χ4n) is 2.29. The van der Waals surface area contributed by atoms with Crippen LogP contribution in [0.5, 0.6) is 11.5 Å². The number of benzene rings is 1. The number of esters is 1. The van der Waals surface area contributed by atoms with E-state index in [1.165, 1.54) is 11.3 Å². The van der Waals surface area contributed by atoms with Gasteiger partial charge in [0.15, 0.2) is 17.2 Å².